The zero-order valence-corrected chi connectivity index (χ0v) is 17.9. The van der Waals surface area contributed by atoms with Gasteiger partial charge in [0.2, 0.25) is 0 Å². The Bertz CT molecular complexity index is 1240. The maximum absolute atomic E-state index is 12.5. The second kappa shape index (κ2) is 9.43. The van der Waals surface area contributed by atoms with Gasteiger partial charge in [-0.05, 0) is 38.1 Å². The number of carbonyl (C=O) groups is 2. The summed E-state index contributed by atoms with van der Waals surface area (Å²) in [6.45, 7) is 3.55. The zero-order valence-electron chi connectivity index (χ0n) is 17.9. The molecule has 2 aromatic heterocycles. The van der Waals surface area contributed by atoms with Crippen LogP contribution in [0.2, 0.25) is 0 Å². The van der Waals surface area contributed by atoms with E-state index in [4.69, 9.17) is 9.15 Å². The number of nitrogens with zero attached hydrogens (tertiary/aromatic N) is 2. The fraction of sp³-hybridized carbons (Fsp3) is 0.200. The smallest absolute Gasteiger partial charge is 0.307 e. The number of fused-ring (bicyclic) bond motifs is 1. The van der Waals surface area contributed by atoms with E-state index in [0.29, 0.717) is 17.3 Å². The first-order valence-corrected chi connectivity index (χ1v) is 10.4. The van der Waals surface area contributed by atoms with Gasteiger partial charge >= 0.3 is 5.97 Å². The van der Waals surface area contributed by atoms with E-state index < -0.39 is 18.0 Å². The molecule has 0 saturated heterocycles. The van der Waals surface area contributed by atoms with Crippen LogP contribution in [-0.2, 0) is 20.7 Å². The Balaban J connectivity index is 1.30. The summed E-state index contributed by atoms with van der Waals surface area (Å²) >= 11 is 0. The predicted octanol–water partition coefficient (Wildman–Crippen LogP) is 4.70. The maximum Gasteiger partial charge on any atom is 0.307 e. The second-order valence-electron chi connectivity index (χ2n) is 7.48. The minimum atomic E-state index is -0.942. The summed E-state index contributed by atoms with van der Waals surface area (Å²) in [5.41, 5.74) is 3.47. The number of benzene rings is 2. The minimum Gasteiger partial charge on any atom is -0.453 e. The van der Waals surface area contributed by atoms with Gasteiger partial charge in [0, 0.05) is 23.6 Å². The molecule has 1 amide bonds. The number of carbonyl (C=O) groups excluding carboxylic acids is 2. The van der Waals surface area contributed by atoms with E-state index in [0.717, 1.165) is 22.0 Å². The first-order valence-electron chi connectivity index (χ1n) is 10.4. The van der Waals surface area contributed by atoms with E-state index in [1.54, 1.807) is 24.5 Å². The van der Waals surface area contributed by atoms with Crippen molar-refractivity contribution in [3.63, 3.8) is 0 Å². The summed E-state index contributed by atoms with van der Waals surface area (Å²) in [5.74, 6) is 0.179. The van der Waals surface area contributed by atoms with Gasteiger partial charge in [-0.2, -0.15) is 0 Å². The number of ether oxygens (including phenoxy) is 1. The monoisotopic (exact) mass is 429 g/mol. The van der Waals surface area contributed by atoms with E-state index in [9.17, 15) is 9.59 Å². The molecular weight excluding hydrogens is 406 g/mol. The summed E-state index contributed by atoms with van der Waals surface area (Å²) in [4.78, 5) is 33.2. The van der Waals surface area contributed by atoms with E-state index in [1.807, 2.05) is 49.4 Å². The van der Waals surface area contributed by atoms with Gasteiger partial charge in [0.05, 0.1) is 23.8 Å². The number of hydrogen-bond acceptors (Lipinski definition) is 6. The van der Waals surface area contributed by atoms with Gasteiger partial charge in [0.15, 0.2) is 17.8 Å². The van der Waals surface area contributed by atoms with E-state index >= 15 is 0 Å². The highest BCUT2D eigenvalue weighted by Crippen LogP contribution is 2.22. The molecule has 7 heteroatoms. The number of anilines is 1. The van der Waals surface area contributed by atoms with E-state index in [2.05, 4.69) is 15.3 Å². The molecule has 1 atom stereocenters. The van der Waals surface area contributed by atoms with E-state index in [1.165, 1.54) is 6.92 Å². The molecule has 1 unspecified atom stereocenters. The van der Waals surface area contributed by atoms with Crippen LogP contribution < -0.4 is 5.32 Å². The number of aryl methyl sites for hydroxylation is 2. The van der Waals surface area contributed by atoms with Crippen molar-refractivity contribution in [1.82, 2.24) is 9.97 Å². The molecule has 0 radical (unpaired) electrons. The molecule has 0 aliphatic rings. The number of oxazole rings is 1. The molecule has 7 nitrogen and oxygen atoms in total. The molecule has 0 aliphatic heterocycles. The summed E-state index contributed by atoms with van der Waals surface area (Å²) in [6.07, 6.45) is 2.73. The zero-order chi connectivity index (χ0) is 22.5. The van der Waals surface area contributed by atoms with Crippen molar-refractivity contribution in [1.29, 1.82) is 0 Å². The lowest BCUT2D eigenvalue weighted by molar-refractivity contribution is -0.153. The molecule has 4 aromatic rings. The number of esters is 1. The molecule has 162 valence electrons. The Morgan fingerprint density at radius 2 is 1.88 bits per heavy atom. The van der Waals surface area contributed by atoms with Gasteiger partial charge in [-0.1, -0.05) is 35.9 Å². The Morgan fingerprint density at radius 3 is 2.69 bits per heavy atom. The summed E-state index contributed by atoms with van der Waals surface area (Å²) in [5, 5.41) is 3.62. The largest absolute Gasteiger partial charge is 0.453 e. The average Bonchev–Trinajstić information content (AvgIpc) is 3.27. The number of pyridine rings is 1. The van der Waals surface area contributed by atoms with Crippen LogP contribution in [0, 0.1) is 6.92 Å². The first kappa shape index (κ1) is 21.2. The standard InChI is InChI=1S/C25H23N3O4/c1-16-8-10-18(11-9-16)22-15-27-23(32-22)12-13-24(29)31-17(2)25(30)28-21-7-3-6-20-19(21)5-4-14-26-20/h3-11,14-15,17H,12-13H2,1-2H3,(H,28,30). The van der Waals surface area contributed by atoms with Gasteiger partial charge in [0.25, 0.3) is 5.91 Å². The molecule has 2 heterocycles. The fourth-order valence-electron chi connectivity index (χ4n) is 3.24. The maximum atomic E-state index is 12.5. The van der Waals surface area contributed by atoms with Crippen molar-refractivity contribution in [2.75, 3.05) is 5.32 Å². The summed E-state index contributed by atoms with van der Waals surface area (Å²) in [6, 6.07) is 17.0. The van der Waals surface area contributed by atoms with Crippen LogP contribution in [0.1, 0.15) is 24.8 Å². The van der Waals surface area contributed by atoms with Gasteiger partial charge in [-0.25, -0.2) is 4.98 Å². The fourth-order valence-corrected chi connectivity index (χ4v) is 3.24. The lowest BCUT2D eigenvalue weighted by atomic mass is 10.1. The average molecular weight is 429 g/mol. The Labute approximate surface area is 185 Å². The van der Waals surface area contributed by atoms with Gasteiger partial charge in [0.1, 0.15) is 0 Å². The van der Waals surface area contributed by atoms with Gasteiger partial charge in [-0.15, -0.1) is 0 Å². The van der Waals surface area contributed by atoms with Crippen LogP contribution in [0.15, 0.2) is 71.4 Å². The number of aromatic nitrogens is 2. The van der Waals surface area contributed by atoms with Crippen LogP contribution in [0.25, 0.3) is 22.2 Å². The molecule has 4 rings (SSSR count). The first-order chi connectivity index (χ1) is 15.5. The second-order valence-corrected chi connectivity index (χ2v) is 7.48. The molecule has 1 N–H and O–H groups in total. The molecule has 0 bridgehead atoms. The van der Waals surface area contributed by atoms with Crippen molar-refractivity contribution < 1.29 is 18.7 Å². The number of hydrogen-bond donors (Lipinski definition) is 1. The van der Waals surface area contributed by atoms with Crippen molar-refractivity contribution in [2.45, 2.75) is 32.8 Å². The van der Waals surface area contributed by atoms with E-state index in [-0.39, 0.29) is 12.8 Å². The van der Waals surface area contributed by atoms with Crippen LogP contribution in [0.3, 0.4) is 0 Å². The van der Waals surface area contributed by atoms with Gasteiger partial charge < -0.3 is 14.5 Å². The summed E-state index contributed by atoms with van der Waals surface area (Å²) < 4.78 is 11.0. The summed E-state index contributed by atoms with van der Waals surface area (Å²) in [7, 11) is 0. The topological polar surface area (TPSA) is 94.3 Å². The Morgan fingerprint density at radius 1 is 1.06 bits per heavy atom. The molecule has 2 aromatic carbocycles. The Kier molecular flexibility index (Phi) is 6.26. The highest BCUT2D eigenvalue weighted by atomic mass is 16.5. The van der Waals surface area contributed by atoms with Crippen molar-refractivity contribution in [3.8, 4) is 11.3 Å². The quantitative estimate of drug-likeness (QED) is 0.428. The van der Waals surface area contributed by atoms with Crippen LogP contribution >= 0.6 is 0 Å². The third-order valence-corrected chi connectivity index (χ3v) is 5.01. The molecule has 0 aliphatic carbocycles. The Hall–Kier alpha value is -4.00. The lowest BCUT2D eigenvalue weighted by Gasteiger charge is -2.14. The number of rotatable bonds is 7. The van der Waals surface area contributed by atoms with Crippen LogP contribution in [-0.4, -0.2) is 27.9 Å². The third-order valence-electron chi connectivity index (χ3n) is 5.01. The highest BCUT2D eigenvalue weighted by Gasteiger charge is 2.19. The van der Waals surface area contributed by atoms with Crippen molar-refractivity contribution in [2.24, 2.45) is 0 Å². The third kappa shape index (κ3) is 5.00. The SMILES string of the molecule is Cc1ccc(-c2cnc(CCC(=O)OC(C)C(=O)Nc3cccc4ncccc34)o2)cc1. The normalized spacial score (nSPS) is 11.8. The minimum absolute atomic E-state index is 0.0592. The molecular formula is C25H23N3O4. The van der Waals surface area contributed by atoms with Crippen LogP contribution in [0.4, 0.5) is 5.69 Å². The molecule has 0 spiro atoms. The molecule has 32 heavy (non-hydrogen) atoms. The van der Waals surface area contributed by atoms with Gasteiger partial charge in [-0.3, -0.25) is 14.6 Å². The molecule has 0 fully saturated rings. The lowest BCUT2D eigenvalue weighted by Crippen LogP contribution is -2.30. The van der Waals surface area contributed by atoms with Crippen molar-refractivity contribution >= 4 is 28.5 Å². The number of nitrogens with one attached hydrogen (secondary N) is 1. The molecule has 0 saturated carbocycles. The van der Waals surface area contributed by atoms with Crippen LogP contribution in [0.5, 0.6) is 0 Å². The van der Waals surface area contributed by atoms with Crippen molar-refractivity contribution in [3.05, 3.63) is 78.4 Å². The predicted molar refractivity (Wildman–Crippen MR) is 121 cm³/mol. The highest BCUT2D eigenvalue weighted by molar-refractivity contribution is 6.02. The number of amides is 1.